The van der Waals surface area contributed by atoms with Crippen LogP contribution in [0.2, 0.25) is 0 Å². The molecule has 2 aliphatic heterocycles. The highest BCUT2D eigenvalue weighted by Gasteiger charge is 2.31. The van der Waals surface area contributed by atoms with Gasteiger partial charge >= 0.3 is 5.69 Å². The van der Waals surface area contributed by atoms with Gasteiger partial charge in [0, 0.05) is 33.3 Å². The first-order valence-corrected chi connectivity index (χ1v) is 12.0. The van der Waals surface area contributed by atoms with Crippen molar-refractivity contribution < 1.29 is 19.1 Å². The van der Waals surface area contributed by atoms with Gasteiger partial charge in [0.1, 0.15) is 6.04 Å². The number of benzene rings is 1. The van der Waals surface area contributed by atoms with E-state index >= 15 is 0 Å². The number of carbonyl (C=O) groups excluding carboxylic acids is 2. The number of imidazole rings is 1. The largest absolute Gasteiger partial charge is 0.381 e. The molecule has 0 spiro atoms. The van der Waals surface area contributed by atoms with Crippen molar-refractivity contribution in [2.45, 2.75) is 57.1 Å². The van der Waals surface area contributed by atoms with E-state index in [1.54, 1.807) is 11.6 Å². The molecule has 1 aromatic carbocycles. The van der Waals surface area contributed by atoms with E-state index in [4.69, 9.17) is 9.47 Å². The van der Waals surface area contributed by atoms with Crippen LogP contribution in [0.1, 0.15) is 50.1 Å². The van der Waals surface area contributed by atoms with Gasteiger partial charge in [-0.05, 0) is 63.2 Å². The number of ether oxygens (including phenoxy) is 2. The highest BCUT2D eigenvalue weighted by atomic mass is 16.5. The molecule has 2 amide bonds. The molecule has 0 aliphatic carbocycles. The first-order valence-electron chi connectivity index (χ1n) is 12.0. The lowest BCUT2D eigenvalue weighted by Crippen LogP contribution is -2.44. The van der Waals surface area contributed by atoms with Gasteiger partial charge in [0.2, 0.25) is 11.8 Å². The lowest BCUT2D eigenvalue weighted by atomic mass is 10.0. The molecule has 3 heterocycles. The van der Waals surface area contributed by atoms with Crippen LogP contribution in [0.3, 0.4) is 0 Å². The number of fused-ring (bicyclic) bond motifs is 1. The van der Waals surface area contributed by atoms with Crippen LogP contribution in [0.15, 0.2) is 23.0 Å². The number of hydrogen-bond acceptors (Lipinski definition) is 6. The summed E-state index contributed by atoms with van der Waals surface area (Å²) < 4.78 is 14.8. The molecular formula is C24H34N4O5. The maximum absolute atomic E-state index is 13.0. The molecule has 1 atom stereocenters. The van der Waals surface area contributed by atoms with E-state index < -0.39 is 11.9 Å². The third-order valence-corrected chi connectivity index (χ3v) is 6.52. The van der Waals surface area contributed by atoms with E-state index in [-0.39, 0.29) is 18.0 Å². The molecule has 2 N–H and O–H groups in total. The highest BCUT2D eigenvalue weighted by molar-refractivity contribution is 6.00. The zero-order chi connectivity index (χ0) is 23.2. The summed E-state index contributed by atoms with van der Waals surface area (Å²) in [5.41, 5.74) is 2.38. The quantitative estimate of drug-likeness (QED) is 0.412. The van der Waals surface area contributed by atoms with Crippen molar-refractivity contribution in [3.63, 3.8) is 0 Å². The zero-order valence-corrected chi connectivity index (χ0v) is 19.3. The van der Waals surface area contributed by atoms with Crippen molar-refractivity contribution in [2.75, 3.05) is 32.9 Å². The van der Waals surface area contributed by atoms with E-state index in [9.17, 15) is 14.4 Å². The molecule has 4 rings (SSSR count). The molecule has 2 saturated heterocycles. The van der Waals surface area contributed by atoms with E-state index in [0.717, 1.165) is 68.4 Å². The molecule has 1 aromatic heterocycles. The summed E-state index contributed by atoms with van der Waals surface area (Å²) >= 11 is 0. The fourth-order valence-electron chi connectivity index (χ4n) is 4.79. The van der Waals surface area contributed by atoms with E-state index in [0.29, 0.717) is 25.7 Å². The van der Waals surface area contributed by atoms with Gasteiger partial charge in [-0.3, -0.25) is 24.0 Å². The highest BCUT2D eigenvalue weighted by Crippen LogP contribution is 2.25. The van der Waals surface area contributed by atoms with Crippen LogP contribution < -0.4 is 16.3 Å². The summed E-state index contributed by atoms with van der Waals surface area (Å²) in [6, 6.07) is 5.13. The Morgan fingerprint density at radius 2 is 1.82 bits per heavy atom. The Bertz CT molecular complexity index is 1040. The molecule has 180 valence electrons. The zero-order valence-electron chi connectivity index (χ0n) is 19.3. The smallest absolute Gasteiger partial charge is 0.329 e. The minimum atomic E-state index is -0.662. The second-order valence-corrected chi connectivity index (χ2v) is 8.85. The predicted octanol–water partition coefficient (Wildman–Crippen LogP) is 1.43. The standard InChI is InChI=1S/C24H34N4O5/c1-27-22-17(6-3-14-32-15-4-16-33-18-10-12-25-13-11-18)5-2-7-19(22)28(24(27)31)20-8-9-21(29)26-23(20)30/h2,5,7,18,20,25H,3-4,6,8-16H2,1H3,(H,26,29,30). The van der Waals surface area contributed by atoms with Gasteiger partial charge in [0.05, 0.1) is 17.1 Å². The second-order valence-electron chi connectivity index (χ2n) is 8.85. The molecule has 1 unspecified atom stereocenters. The van der Waals surface area contributed by atoms with Gasteiger partial charge in [-0.2, -0.15) is 0 Å². The van der Waals surface area contributed by atoms with Gasteiger partial charge in [0.25, 0.3) is 0 Å². The van der Waals surface area contributed by atoms with E-state index in [1.807, 2.05) is 18.2 Å². The van der Waals surface area contributed by atoms with Gasteiger partial charge in [0.15, 0.2) is 0 Å². The molecular weight excluding hydrogens is 424 g/mol. The summed E-state index contributed by atoms with van der Waals surface area (Å²) in [7, 11) is 1.73. The molecule has 9 heteroatoms. The summed E-state index contributed by atoms with van der Waals surface area (Å²) in [6.07, 6.45) is 5.62. The van der Waals surface area contributed by atoms with E-state index in [1.165, 1.54) is 4.57 Å². The fourth-order valence-corrected chi connectivity index (χ4v) is 4.79. The third kappa shape index (κ3) is 5.54. The lowest BCUT2D eigenvalue weighted by Gasteiger charge is -2.22. The monoisotopic (exact) mass is 458 g/mol. The molecule has 0 bridgehead atoms. The van der Waals surface area contributed by atoms with Crippen LogP contribution in [0.5, 0.6) is 0 Å². The van der Waals surface area contributed by atoms with Gasteiger partial charge in [-0.15, -0.1) is 0 Å². The van der Waals surface area contributed by atoms with Gasteiger partial charge in [-0.1, -0.05) is 12.1 Å². The maximum atomic E-state index is 13.0. The average molecular weight is 459 g/mol. The normalized spacial score (nSPS) is 19.8. The van der Waals surface area contributed by atoms with Crippen LogP contribution in [-0.2, 0) is 32.5 Å². The van der Waals surface area contributed by atoms with Crippen LogP contribution in [0, 0.1) is 0 Å². The number of amides is 2. The Morgan fingerprint density at radius 1 is 1.03 bits per heavy atom. The number of para-hydroxylation sites is 1. The molecule has 2 aliphatic rings. The minimum Gasteiger partial charge on any atom is -0.381 e. The first-order chi connectivity index (χ1) is 16.1. The summed E-state index contributed by atoms with van der Waals surface area (Å²) in [5.74, 6) is -0.702. The Labute approximate surface area is 193 Å². The average Bonchev–Trinajstić information content (AvgIpc) is 3.07. The molecule has 0 saturated carbocycles. The third-order valence-electron chi connectivity index (χ3n) is 6.52. The number of rotatable bonds is 10. The molecule has 2 fully saturated rings. The summed E-state index contributed by atoms with van der Waals surface area (Å²) in [5, 5.41) is 5.69. The summed E-state index contributed by atoms with van der Waals surface area (Å²) in [4.78, 5) is 36.9. The number of imide groups is 1. The summed E-state index contributed by atoms with van der Waals surface area (Å²) in [6.45, 7) is 4.14. The second kappa shape index (κ2) is 11.1. The van der Waals surface area contributed by atoms with Crippen molar-refractivity contribution in [3.8, 4) is 0 Å². The SMILES string of the molecule is Cn1c(=O)n(C2CCC(=O)NC2=O)c2cccc(CCCOCCCOC3CCNCC3)c21. The molecule has 2 aromatic rings. The number of piperidine rings is 2. The lowest BCUT2D eigenvalue weighted by molar-refractivity contribution is -0.135. The number of aryl methyl sites for hydroxylation is 2. The predicted molar refractivity (Wildman–Crippen MR) is 124 cm³/mol. The van der Waals surface area contributed by atoms with Crippen LogP contribution in [-0.4, -0.2) is 60.0 Å². The number of hydrogen-bond donors (Lipinski definition) is 2. The number of nitrogens with one attached hydrogen (secondary N) is 2. The Kier molecular flexibility index (Phi) is 7.95. The molecule has 9 nitrogen and oxygen atoms in total. The molecule has 0 radical (unpaired) electrons. The Hall–Kier alpha value is -2.49. The van der Waals surface area contributed by atoms with E-state index in [2.05, 4.69) is 10.6 Å². The minimum absolute atomic E-state index is 0.235. The number of nitrogens with zero attached hydrogens (tertiary/aromatic N) is 2. The molecule has 33 heavy (non-hydrogen) atoms. The number of aromatic nitrogens is 2. The van der Waals surface area contributed by atoms with Crippen molar-refractivity contribution in [1.29, 1.82) is 0 Å². The maximum Gasteiger partial charge on any atom is 0.329 e. The van der Waals surface area contributed by atoms with Gasteiger partial charge in [-0.25, -0.2) is 4.79 Å². The van der Waals surface area contributed by atoms with Crippen molar-refractivity contribution in [3.05, 3.63) is 34.2 Å². The Morgan fingerprint density at radius 3 is 2.61 bits per heavy atom. The van der Waals surface area contributed by atoms with Gasteiger partial charge < -0.3 is 14.8 Å². The van der Waals surface area contributed by atoms with Crippen LogP contribution in [0.4, 0.5) is 0 Å². The topological polar surface area (TPSA) is 104 Å². The number of carbonyl (C=O) groups is 2. The van der Waals surface area contributed by atoms with Crippen LogP contribution in [0.25, 0.3) is 11.0 Å². The van der Waals surface area contributed by atoms with Crippen molar-refractivity contribution >= 4 is 22.8 Å². The first kappa shape index (κ1) is 23.7. The van der Waals surface area contributed by atoms with Crippen molar-refractivity contribution in [2.24, 2.45) is 7.05 Å². The fraction of sp³-hybridized carbons (Fsp3) is 0.625. The van der Waals surface area contributed by atoms with Crippen molar-refractivity contribution in [1.82, 2.24) is 19.8 Å². The Balaban J connectivity index is 1.30. The van der Waals surface area contributed by atoms with Crippen LogP contribution >= 0.6 is 0 Å².